The lowest BCUT2D eigenvalue weighted by atomic mass is 9.87. The van der Waals surface area contributed by atoms with E-state index in [2.05, 4.69) is 15.0 Å². The van der Waals surface area contributed by atoms with Crippen LogP contribution in [0.5, 0.6) is 0 Å². The summed E-state index contributed by atoms with van der Waals surface area (Å²) in [5, 5.41) is 3.11. The van der Waals surface area contributed by atoms with Crippen molar-refractivity contribution >= 4 is 11.9 Å². The number of carbonyl (C=O) groups excluding carboxylic acids is 2. The molecule has 0 radical (unpaired) electrons. The molecule has 1 aromatic rings. The molecule has 20 heavy (non-hydrogen) atoms. The molecule has 0 aliphatic carbocycles. The van der Waals surface area contributed by atoms with Gasteiger partial charge in [0.1, 0.15) is 0 Å². The zero-order valence-electron chi connectivity index (χ0n) is 12.3. The van der Waals surface area contributed by atoms with E-state index >= 15 is 0 Å². The number of nitrogens with two attached hydrogens (primary N) is 1. The molecule has 0 spiro atoms. The monoisotopic (exact) mass is 279 g/mol. The number of nitrogens with one attached hydrogen (secondary N) is 1. The molecule has 1 atom stereocenters. The van der Waals surface area contributed by atoms with Crippen molar-refractivity contribution in [2.45, 2.75) is 32.9 Å². The molecule has 0 saturated heterocycles. The van der Waals surface area contributed by atoms with E-state index in [0.29, 0.717) is 17.8 Å². The van der Waals surface area contributed by atoms with Crippen LogP contribution < -0.4 is 11.1 Å². The highest BCUT2D eigenvalue weighted by molar-refractivity contribution is 5.89. The standard InChI is InChI=1S/C14H21N3O3/c1-9(2)14(3,13(15)19)17-8-11-7-10(5-6-16-11)12(18)20-4/h5-7,9,17H,8H2,1-4H3,(H2,15,19). The van der Waals surface area contributed by atoms with Crippen LogP contribution in [0.25, 0.3) is 0 Å². The normalized spacial score (nSPS) is 13.8. The van der Waals surface area contributed by atoms with Crippen LogP contribution in [0.2, 0.25) is 0 Å². The zero-order chi connectivity index (χ0) is 15.3. The van der Waals surface area contributed by atoms with Crippen LogP contribution in [-0.2, 0) is 16.1 Å². The third-order valence-electron chi connectivity index (χ3n) is 3.54. The Labute approximate surface area is 118 Å². The second-order valence-electron chi connectivity index (χ2n) is 5.10. The Bertz CT molecular complexity index is 502. The minimum atomic E-state index is -0.830. The summed E-state index contributed by atoms with van der Waals surface area (Å²) in [5.74, 6) is -0.810. The Balaban J connectivity index is 2.84. The molecule has 1 amide bonds. The van der Waals surface area contributed by atoms with Crippen LogP contribution in [0.3, 0.4) is 0 Å². The van der Waals surface area contributed by atoms with Crippen molar-refractivity contribution in [2.24, 2.45) is 11.7 Å². The summed E-state index contributed by atoms with van der Waals surface area (Å²) in [6.07, 6.45) is 1.53. The third kappa shape index (κ3) is 3.54. The van der Waals surface area contributed by atoms with Crippen LogP contribution in [0.4, 0.5) is 0 Å². The molecule has 3 N–H and O–H groups in total. The van der Waals surface area contributed by atoms with Crippen LogP contribution in [0, 0.1) is 5.92 Å². The number of amides is 1. The van der Waals surface area contributed by atoms with Gasteiger partial charge < -0.3 is 10.5 Å². The molecule has 0 fully saturated rings. The van der Waals surface area contributed by atoms with E-state index in [-0.39, 0.29) is 5.92 Å². The SMILES string of the molecule is COC(=O)c1ccnc(CNC(C)(C(N)=O)C(C)C)c1. The Hall–Kier alpha value is -1.95. The highest BCUT2D eigenvalue weighted by atomic mass is 16.5. The van der Waals surface area contributed by atoms with Gasteiger partial charge in [0, 0.05) is 12.7 Å². The number of ether oxygens (including phenoxy) is 1. The Morgan fingerprint density at radius 1 is 1.50 bits per heavy atom. The van der Waals surface area contributed by atoms with Crippen LogP contribution in [0.1, 0.15) is 36.8 Å². The average Bonchev–Trinajstić information content (AvgIpc) is 2.43. The molecule has 6 heteroatoms. The first-order valence-corrected chi connectivity index (χ1v) is 6.39. The molecule has 6 nitrogen and oxygen atoms in total. The van der Waals surface area contributed by atoms with E-state index < -0.39 is 17.4 Å². The predicted octanol–water partition coefficient (Wildman–Crippen LogP) is 0.858. The minimum absolute atomic E-state index is 0.0313. The molecule has 0 bridgehead atoms. The van der Waals surface area contributed by atoms with Crippen molar-refractivity contribution < 1.29 is 14.3 Å². The average molecular weight is 279 g/mol. The van der Waals surface area contributed by atoms with Gasteiger partial charge in [0.15, 0.2) is 0 Å². The van der Waals surface area contributed by atoms with Gasteiger partial charge in [-0.2, -0.15) is 0 Å². The number of primary amides is 1. The van der Waals surface area contributed by atoms with Crippen molar-refractivity contribution in [1.82, 2.24) is 10.3 Å². The van der Waals surface area contributed by atoms with Gasteiger partial charge in [-0.25, -0.2) is 4.79 Å². The predicted molar refractivity (Wildman–Crippen MR) is 74.9 cm³/mol. The van der Waals surface area contributed by atoms with E-state index in [4.69, 9.17) is 5.73 Å². The number of methoxy groups -OCH3 is 1. The Kier molecular flexibility index (Phi) is 5.21. The maximum absolute atomic E-state index is 11.6. The van der Waals surface area contributed by atoms with Crippen LogP contribution >= 0.6 is 0 Å². The van der Waals surface area contributed by atoms with E-state index in [9.17, 15) is 9.59 Å². The number of nitrogens with zero attached hydrogens (tertiary/aromatic N) is 1. The van der Waals surface area contributed by atoms with E-state index in [1.165, 1.54) is 13.3 Å². The quantitative estimate of drug-likeness (QED) is 0.753. The Morgan fingerprint density at radius 2 is 2.15 bits per heavy atom. The van der Waals surface area contributed by atoms with Gasteiger partial charge in [0.05, 0.1) is 23.9 Å². The zero-order valence-corrected chi connectivity index (χ0v) is 12.3. The highest BCUT2D eigenvalue weighted by Gasteiger charge is 2.34. The fourth-order valence-electron chi connectivity index (χ4n) is 1.67. The summed E-state index contributed by atoms with van der Waals surface area (Å²) in [7, 11) is 1.32. The highest BCUT2D eigenvalue weighted by Crippen LogP contribution is 2.16. The summed E-state index contributed by atoms with van der Waals surface area (Å²) in [5.41, 5.74) is 5.67. The first-order valence-electron chi connectivity index (χ1n) is 6.39. The largest absolute Gasteiger partial charge is 0.465 e. The first-order chi connectivity index (χ1) is 9.31. The molecule has 1 rings (SSSR count). The third-order valence-corrected chi connectivity index (χ3v) is 3.54. The molecule has 0 saturated carbocycles. The number of esters is 1. The summed E-state index contributed by atoms with van der Waals surface area (Å²) >= 11 is 0. The van der Waals surface area contributed by atoms with Crippen molar-refractivity contribution in [3.05, 3.63) is 29.6 Å². The van der Waals surface area contributed by atoms with Gasteiger partial charge >= 0.3 is 5.97 Å². The smallest absolute Gasteiger partial charge is 0.337 e. The van der Waals surface area contributed by atoms with E-state index in [1.54, 1.807) is 19.1 Å². The number of hydrogen-bond donors (Lipinski definition) is 2. The summed E-state index contributed by atoms with van der Waals surface area (Å²) in [6, 6.07) is 3.20. The van der Waals surface area contributed by atoms with Gasteiger partial charge in [-0.05, 0) is 25.0 Å². The van der Waals surface area contributed by atoms with E-state index in [0.717, 1.165) is 0 Å². The molecule has 0 aliphatic rings. The number of aromatic nitrogens is 1. The van der Waals surface area contributed by atoms with Crippen LogP contribution in [0.15, 0.2) is 18.3 Å². The molecule has 0 aliphatic heterocycles. The number of carbonyl (C=O) groups is 2. The number of hydrogen-bond acceptors (Lipinski definition) is 5. The van der Waals surface area contributed by atoms with Crippen LogP contribution in [-0.4, -0.2) is 29.5 Å². The lowest BCUT2D eigenvalue weighted by molar-refractivity contribution is -0.125. The Morgan fingerprint density at radius 3 is 2.65 bits per heavy atom. The van der Waals surface area contributed by atoms with Crippen molar-refractivity contribution in [3.8, 4) is 0 Å². The summed E-state index contributed by atoms with van der Waals surface area (Å²) < 4.78 is 4.65. The van der Waals surface area contributed by atoms with Gasteiger partial charge in [0.25, 0.3) is 0 Å². The van der Waals surface area contributed by atoms with Crippen molar-refractivity contribution in [2.75, 3.05) is 7.11 Å². The summed E-state index contributed by atoms with van der Waals surface area (Å²) in [4.78, 5) is 27.2. The molecule has 1 unspecified atom stereocenters. The minimum Gasteiger partial charge on any atom is -0.465 e. The molecule has 0 aromatic carbocycles. The second-order valence-corrected chi connectivity index (χ2v) is 5.10. The maximum Gasteiger partial charge on any atom is 0.337 e. The lowest BCUT2D eigenvalue weighted by Gasteiger charge is -2.31. The molecule has 1 heterocycles. The van der Waals surface area contributed by atoms with E-state index in [1.807, 2.05) is 13.8 Å². The van der Waals surface area contributed by atoms with Gasteiger partial charge in [-0.3, -0.25) is 15.1 Å². The lowest BCUT2D eigenvalue weighted by Crippen LogP contribution is -2.56. The molecule has 110 valence electrons. The molecular formula is C14H21N3O3. The van der Waals surface area contributed by atoms with Crippen molar-refractivity contribution in [3.63, 3.8) is 0 Å². The van der Waals surface area contributed by atoms with Gasteiger partial charge in [-0.15, -0.1) is 0 Å². The first kappa shape index (κ1) is 16.1. The maximum atomic E-state index is 11.6. The second kappa shape index (κ2) is 6.47. The number of pyridine rings is 1. The number of rotatable bonds is 6. The fourth-order valence-corrected chi connectivity index (χ4v) is 1.67. The van der Waals surface area contributed by atoms with Gasteiger partial charge in [-0.1, -0.05) is 13.8 Å². The molecule has 1 aromatic heterocycles. The fraction of sp³-hybridized carbons (Fsp3) is 0.500. The summed E-state index contributed by atoms with van der Waals surface area (Å²) in [6.45, 7) is 5.92. The van der Waals surface area contributed by atoms with Gasteiger partial charge in [0.2, 0.25) is 5.91 Å². The topological polar surface area (TPSA) is 94.3 Å². The molecular weight excluding hydrogens is 258 g/mol. The van der Waals surface area contributed by atoms with Crippen molar-refractivity contribution in [1.29, 1.82) is 0 Å².